The van der Waals surface area contributed by atoms with Gasteiger partial charge in [-0.2, -0.15) is 11.8 Å². The smallest absolute Gasteiger partial charge is 0.326 e. The number of carbonyl (C=O) groups excluding carboxylic acids is 4. The van der Waals surface area contributed by atoms with Gasteiger partial charge in [0.25, 0.3) is 0 Å². The van der Waals surface area contributed by atoms with E-state index < -0.39 is 60.8 Å². The molecule has 0 spiro atoms. The van der Waals surface area contributed by atoms with Crippen LogP contribution in [0.5, 0.6) is 5.75 Å². The molecule has 0 radical (unpaired) electrons. The number of carbonyl (C=O) groups is 5. The number of amides is 4. The molecular weight excluding hydrogens is 538 g/mol. The van der Waals surface area contributed by atoms with E-state index in [-0.39, 0.29) is 24.5 Å². The number of phenols is 1. The van der Waals surface area contributed by atoms with E-state index >= 15 is 0 Å². The Morgan fingerprint density at radius 3 is 2.20 bits per heavy atom. The van der Waals surface area contributed by atoms with Crippen molar-refractivity contribution >= 4 is 41.4 Å². The van der Waals surface area contributed by atoms with E-state index in [2.05, 4.69) is 21.3 Å². The molecule has 0 bridgehead atoms. The van der Waals surface area contributed by atoms with Gasteiger partial charge in [-0.1, -0.05) is 44.2 Å². The molecule has 2 rings (SSSR count). The van der Waals surface area contributed by atoms with Crippen LogP contribution in [0.2, 0.25) is 0 Å². The first kappa shape index (κ1) is 32.9. The van der Waals surface area contributed by atoms with Crippen molar-refractivity contribution < 1.29 is 34.2 Å². The van der Waals surface area contributed by atoms with Crippen molar-refractivity contribution in [3.63, 3.8) is 0 Å². The summed E-state index contributed by atoms with van der Waals surface area (Å²) in [6.07, 6.45) is 7.76. The molecule has 1 aromatic rings. The van der Waals surface area contributed by atoms with Crippen LogP contribution in [0.4, 0.5) is 0 Å². The van der Waals surface area contributed by atoms with Crippen LogP contribution in [-0.2, 0) is 30.4 Å². The van der Waals surface area contributed by atoms with E-state index in [9.17, 15) is 34.2 Å². The predicted octanol–water partition coefficient (Wildman–Crippen LogP) is 0.272. The fraction of sp³-hybridized carbons (Fsp3) is 0.593. The summed E-state index contributed by atoms with van der Waals surface area (Å²) in [5, 5.41) is 28.8. The molecule has 1 aromatic carbocycles. The lowest BCUT2D eigenvalue weighted by atomic mass is 9.84. The van der Waals surface area contributed by atoms with Crippen molar-refractivity contribution in [2.75, 3.05) is 25.1 Å². The average Bonchev–Trinajstić information content (AvgIpc) is 2.93. The molecule has 0 saturated heterocycles. The van der Waals surface area contributed by atoms with Gasteiger partial charge in [0.2, 0.25) is 23.6 Å². The van der Waals surface area contributed by atoms with E-state index in [1.807, 2.05) is 6.26 Å². The molecule has 1 saturated carbocycles. The number of phenolic OH excluding ortho intramolecular Hbond substituents is 1. The van der Waals surface area contributed by atoms with Gasteiger partial charge < -0.3 is 37.2 Å². The molecule has 0 aliphatic heterocycles. The molecule has 3 atom stereocenters. The van der Waals surface area contributed by atoms with Gasteiger partial charge in [0.1, 0.15) is 17.8 Å². The topological polar surface area (TPSA) is 200 Å². The van der Waals surface area contributed by atoms with Crippen LogP contribution in [0.15, 0.2) is 24.3 Å². The van der Waals surface area contributed by atoms with Crippen molar-refractivity contribution in [2.24, 2.45) is 11.7 Å². The summed E-state index contributed by atoms with van der Waals surface area (Å²) >= 11 is 1.47. The Labute approximate surface area is 238 Å². The minimum Gasteiger partial charge on any atom is -0.508 e. The molecule has 222 valence electrons. The number of benzene rings is 1. The van der Waals surface area contributed by atoms with Crippen LogP contribution in [0.3, 0.4) is 0 Å². The van der Waals surface area contributed by atoms with E-state index in [0.29, 0.717) is 12.2 Å². The zero-order chi connectivity index (χ0) is 29.5. The third kappa shape index (κ3) is 12.2. The Morgan fingerprint density at radius 2 is 1.57 bits per heavy atom. The Kier molecular flexibility index (Phi) is 14.3. The number of aliphatic carboxylic acids is 1. The highest BCUT2D eigenvalue weighted by molar-refractivity contribution is 7.98. The van der Waals surface area contributed by atoms with Gasteiger partial charge in [-0.25, -0.2) is 4.79 Å². The van der Waals surface area contributed by atoms with Crippen LogP contribution in [0.1, 0.15) is 50.5 Å². The van der Waals surface area contributed by atoms with Gasteiger partial charge in [0.05, 0.1) is 19.1 Å². The van der Waals surface area contributed by atoms with Gasteiger partial charge >= 0.3 is 5.97 Å². The number of carboxylic acid groups (broad SMARTS) is 1. The Hall–Kier alpha value is -3.32. The molecule has 13 heteroatoms. The SMILES string of the molecule is CSCC[C@H](NC(=O)[C@H](CC1CCCCC1)NC(=O)CNC(=O)CNC(=O)[C@@H](N)Cc1ccc(O)cc1)C(=O)O. The van der Waals surface area contributed by atoms with Crippen molar-refractivity contribution in [1.29, 1.82) is 0 Å². The number of hydrogen-bond donors (Lipinski definition) is 7. The zero-order valence-electron chi connectivity index (χ0n) is 22.8. The second kappa shape index (κ2) is 17.4. The monoisotopic (exact) mass is 579 g/mol. The molecule has 1 fully saturated rings. The van der Waals surface area contributed by atoms with Gasteiger partial charge in [-0.3, -0.25) is 19.2 Å². The number of nitrogens with one attached hydrogen (secondary N) is 4. The van der Waals surface area contributed by atoms with E-state index in [4.69, 9.17) is 5.73 Å². The van der Waals surface area contributed by atoms with E-state index in [0.717, 1.165) is 37.7 Å². The first-order valence-corrected chi connectivity index (χ1v) is 14.9. The molecule has 0 heterocycles. The van der Waals surface area contributed by atoms with E-state index in [1.165, 1.54) is 23.9 Å². The Morgan fingerprint density at radius 1 is 0.925 bits per heavy atom. The van der Waals surface area contributed by atoms with Crippen molar-refractivity contribution in [1.82, 2.24) is 21.3 Å². The van der Waals surface area contributed by atoms with Crippen LogP contribution >= 0.6 is 11.8 Å². The number of aromatic hydroxyl groups is 1. The zero-order valence-corrected chi connectivity index (χ0v) is 23.6. The Bertz CT molecular complexity index is 1000. The standard InChI is InChI=1S/C27H41N5O7S/c1-40-12-11-21(27(38)39)32-26(37)22(14-17-5-3-2-4-6-17)31-24(35)16-29-23(34)15-30-25(36)20(28)13-18-7-9-19(33)10-8-18/h7-10,17,20-22,33H,2-6,11-16,28H2,1H3,(H,29,34)(H,30,36)(H,31,35)(H,32,37)(H,38,39)/t20-,21-,22-/m0/s1. The first-order chi connectivity index (χ1) is 19.1. The van der Waals surface area contributed by atoms with Crippen LogP contribution < -0.4 is 27.0 Å². The lowest BCUT2D eigenvalue weighted by Gasteiger charge is -2.27. The quantitative estimate of drug-likeness (QED) is 0.144. The summed E-state index contributed by atoms with van der Waals surface area (Å²) in [6, 6.07) is 3.35. The summed E-state index contributed by atoms with van der Waals surface area (Å²) in [4.78, 5) is 61.7. The number of rotatable bonds is 16. The number of nitrogens with two attached hydrogens (primary N) is 1. The highest BCUT2D eigenvalue weighted by Crippen LogP contribution is 2.27. The minimum absolute atomic E-state index is 0.0963. The maximum atomic E-state index is 13.0. The predicted molar refractivity (Wildman–Crippen MR) is 151 cm³/mol. The second-order valence-corrected chi connectivity index (χ2v) is 11.0. The molecular formula is C27H41N5O7S. The van der Waals surface area contributed by atoms with Crippen molar-refractivity contribution in [2.45, 2.75) is 69.5 Å². The lowest BCUT2D eigenvalue weighted by molar-refractivity contribution is -0.142. The maximum Gasteiger partial charge on any atom is 0.326 e. The van der Waals surface area contributed by atoms with Crippen LogP contribution in [0, 0.1) is 5.92 Å². The molecule has 8 N–H and O–H groups in total. The summed E-state index contributed by atoms with van der Waals surface area (Å²) in [5.74, 6) is -2.58. The normalized spacial score (nSPS) is 15.8. The average molecular weight is 580 g/mol. The van der Waals surface area contributed by atoms with E-state index in [1.54, 1.807) is 12.1 Å². The molecule has 40 heavy (non-hydrogen) atoms. The molecule has 1 aliphatic carbocycles. The molecule has 1 aliphatic rings. The third-order valence-electron chi connectivity index (χ3n) is 6.77. The summed E-state index contributed by atoms with van der Waals surface area (Å²) in [5.41, 5.74) is 6.63. The van der Waals surface area contributed by atoms with Gasteiger partial charge in [-0.05, 0) is 54.9 Å². The van der Waals surface area contributed by atoms with Crippen molar-refractivity contribution in [3.05, 3.63) is 29.8 Å². The second-order valence-electron chi connectivity index (χ2n) is 10.0. The van der Waals surface area contributed by atoms with Crippen LogP contribution in [-0.4, -0.2) is 83.0 Å². The largest absolute Gasteiger partial charge is 0.508 e. The minimum atomic E-state index is -1.14. The molecule has 12 nitrogen and oxygen atoms in total. The Balaban J connectivity index is 1.84. The molecule has 4 amide bonds. The number of hydrogen-bond acceptors (Lipinski definition) is 8. The highest BCUT2D eigenvalue weighted by Gasteiger charge is 2.29. The summed E-state index contributed by atoms with van der Waals surface area (Å²) in [6.45, 7) is -0.811. The molecule has 0 aromatic heterocycles. The highest BCUT2D eigenvalue weighted by atomic mass is 32.2. The van der Waals surface area contributed by atoms with Gasteiger partial charge in [0.15, 0.2) is 0 Å². The number of carboxylic acids is 1. The van der Waals surface area contributed by atoms with Gasteiger partial charge in [-0.15, -0.1) is 0 Å². The fourth-order valence-corrected chi connectivity index (χ4v) is 4.99. The fourth-order valence-electron chi connectivity index (χ4n) is 4.52. The summed E-state index contributed by atoms with van der Waals surface area (Å²) < 4.78 is 0. The van der Waals surface area contributed by atoms with Crippen LogP contribution in [0.25, 0.3) is 0 Å². The van der Waals surface area contributed by atoms with Crippen molar-refractivity contribution in [3.8, 4) is 5.75 Å². The number of thioether (sulfide) groups is 1. The third-order valence-corrected chi connectivity index (χ3v) is 7.41. The lowest BCUT2D eigenvalue weighted by Crippen LogP contribution is -2.54. The summed E-state index contributed by atoms with van der Waals surface area (Å²) in [7, 11) is 0. The first-order valence-electron chi connectivity index (χ1n) is 13.5. The van der Waals surface area contributed by atoms with Gasteiger partial charge in [0, 0.05) is 0 Å². The maximum absolute atomic E-state index is 13.0. The molecule has 0 unspecified atom stereocenters.